The van der Waals surface area contributed by atoms with Crippen molar-refractivity contribution in [2.45, 2.75) is 20.8 Å². The Bertz CT molecular complexity index is 1100. The van der Waals surface area contributed by atoms with Crippen molar-refractivity contribution in [3.63, 3.8) is 0 Å². The van der Waals surface area contributed by atoms with Crippen molar-refractivity contribution in [2.24, 2.45) is 0 Å². The Hall–Kier alpha value is -3.91. The molecule has 29 heavy (non-hydrogen) atoms. The molecule has 144 valence electrons. The minimum atomic E-state index is -0.343. The van der Waals surface area contributed by atoms with Gasteiger partial charge in [-0.1, -0.05) is 29.8 Å². The molecule has 2 amide bonds. The van der Waals surface area contributed by atoms with Gasteiger partial charge in [0, 0.05) is 16.8 Å². The van der Waals surface area contributed by atoms with Gasteiger partial charge in [-0.05, 0) is 68.3 Å². The number of rotatable bonds is 4. The second-order valence-electron chi connectivity index (χ2n) is 6.92. The van der Waals surface area contributed by atoms with Crippen molar-refractivity contribution in [3.05, 3.63) is 94.0 Å². The number of benzene rings is 3. The summed E-state index contributed by atoms with van der Waals surface area (Å²) in [6, 6.07) is 19.3. The van der Waals surface area contributed by atoms with Crippen molar-refractivity contribution < 1.29 is 9.59 Å². The summed E-state index contributed by atoms with van der Waals surface area (Å²) < 4.78 is 0. The lowest BCUT2D eigenvalue weighted by Crippen LogP contribution is -2.15. The van der Waals surface area contributed by atoms with Crippen molar-refractivity contribution in [1.29, 1.82) is 5.26 Å². The maximum absolute atomic E-state index is 12.6. The molecule has 0 aliphatic carbocycles. The number of nitrogens with zero attached hydrogens (tertiary/aromatic N) is 1. The van der Waals surface area contributed by atoms with Crippen molar-refractivity contribution >= 4 is 23.2 Å². The quantitative estimate of drug-likeness (QED) is 0.666. The standard InChI is InChI=1S/C24H21N3O2/c1-15-12-16(2)22(17(3)13-15)27-24(29)19-10-8-18(9-11-19)23(28)26-21-7-5-4-6-20(21)14-25/h4-13H,1-3H3,(H,26,28)(H,27,29). The Labute approximate surface area is 170 Å². The van der Waals surface area contributed by atoms with Crippen LogP contribution in [0.1, 0.15) is 43.0 Å². The van der Waals surface area contributed by atoms with E-state index in [4.69, 9.17) is 5.26 Å². The van der Waals surface area contributed by atoms with E-state index in [1.165, 1.54) is 0 Å². The van der Waals surface area contributed by atoms with Crippen LogP contribution in [-0.2, 0) is 0 Å². The largest absolute Gasteiger partial charge is 0.322 e. The number of amides is 2. The summed E-state index contributed by atoms with van der Waals surface area (Å²) in [5.41, 5.74) is 5.65. The number of anilines is 2. The molecule has 0 heterocycles. The predicted molar refractivity (Wildman–Crippen MR) is 114 cm³/mol. The third-order valence-corrected chi connectivity index (χ3v) is 4.62. The number of aryl methyl sites for hydroxylation is 3. The zero-order valence-corrected chi connectivity index (χ0v) is 16.5. The molecule has 0 spiro atoms. The van der Waals surface area contributed by atoms with E-state index in [1.807, 2.05) is 39.0 Å². The summed E-state index contributed by atoms with van der Waals surface area (Å²) in [5, 5.41) is 14.8. The highest BCUT2D eigenvalue weighted by molar-refractivity contribution is 6.07. The van der Waals surface area contributed by atoms with E-state index in [0.717, 1.165) is 22.4 Å². The lowest BCUT2D eigenvalue weighted by molar-refractivity contribution is 0.101. The average molecular weight is 383 g/mol. The Morgan fingerprint density at radius 1 is 0.793 bits per heavy atom. The Morgan fingerprint density at radius 2 is 1.31 bits per heavy atom. The first-order valence-electron chi connectivity index (χ1n) is 9.19. The summed E-state index contributed by atoms with van der Waals surface area (Å²) in [6.07, 6.45) is 0. The maximum Gasteiger partial charge on any atom is 0.255 e. The van der Waals surface area contributed by atoms with Crippen LogP contribution in [0.15, 0.2) is 60.7 Å². The number of carbonyl (C=O) groups is 2. The van der Waals surface area contributed by atoms with Gasteiger partial charge < -0.3 is 10.6 Å². The zero-order valence-electron chi connectivity index (χ0n) is 16.5. The molecule has 5 nitrogen and oxygen atoms in total. The second kappa shape index (κ2) is 8.41. The van der Waals surface area contributed by atoms with E-state index >= 15 is 0 Å². The molecule has 0 unspecified atom stereocenters. The predicted octanol–water partition coefficient (Wildman–Crippen LogP) is 4.99. The van der Waals surface area contributed by atoms with Crippen LogP contribution in [0.25, 0.3) is 0 Å². The van der Waals surface area contributed by atoms with Gasteiger partial charge in [-0.25, -0.2) is 0 Å². The second-order valence-corrected chi connectivity index (χ2v) is 6.92. The van der Waals surface area contributed by atoms with E-state index in [2.05, 4.69) is 10.6 Å². The first-order chi connectivity index (χ1) is 13.9. The van der Waals surface area contributed by atoms with Gasteiger partial charge in [0.25, 0.3) is 11.8 Å². The zero-order chi connectivity index (χ0) is 21.0. The minimum absolute atomic E-state index is 0.234. The van der Waals surface area contributed by atoms with Crippen molar-refractivity contribution in [2.75, 3.05) is 10.6 Å². The van der Waals surface area contributed by atoms with Crippen LogP contribution in [0, 0.1) is 32.1 Å². The summed E-state index contributed by atoms with van der Waals surface area (Å²) >= 11 is 0. The number of para-hydroxylation sites is 1. The molecule has 0 aliphatic rings. The van der Waals surface area contributed by atoms with Crippen LogP contribution < -0.4 is 10.6 Å². The molecule has 3 aromatic rings. The van der Waals surface area contributed by atoms with Crippen LogP contribution in [0.2, 0.25) is 0 Å². The van der Waals surface area contributed by atoms with Crippen LogP contribution in [-0.4, -0.2) is 11.8 Å². The van der Waals surface area contributed by atoms with Crippen LogP contribution in [0.3, 0.4) is 0 Å². The van der Waals surface area contributed by atoms with E-state index < -0.39 is 0 Å². The topological polar surface area (TPSA) is 82.0 Å². The number of nitrogens with one attached hydrogen (secondary N) is 2. The molecule has 3 aromatic carbocycles. The van der Waals surface area contributed by atoms with Gasteiger partial charge in [0.2, 0.25) is 0 Å². The van der Waals surface area contributed by atoms with Crippen LogP contribution in [0.5, 0.6) is 0 Å². The van der Waals surface area contributed by atoms with Crippen LogP contribution in [0.4, 0.5) is 11.4 Å². The summed E-state index contributed by atoms with van der Waals surface area (Å²) in [7, 11) is 0. The fraction of sp³-hybridized carbons (Fsp3) is 0.125. The molecular formula is C24H21N3O2. The summed E-state index contributed by atoms with van der Waals surface area (Å²) in [5.74, 6) is -0.577. The van der Waals surface area contributed by atoms with Gasteiger partial charge in [-0.15, -0.1) is 0 Å². The SMILES string of the molecule is Cc1cc(C)c(NC(=O)c2ccc(C(=O)Nc3ccccc3C#N)cc2)c(C)c1. The third-order valence-electron chi connectivity index (χ3n) is 4.62. The average Bonchev–Trinajstić information content (AvgIpc) is 2.71. The van der Waals surface area contributed by atoms with Crippen LogP contribution >= 0.6 is 0 Å². The molecule has 0 saturated carbocycles. The number of carbonyl (C=O) groups excluding carboxylic acids is 2. The van der Waals surface area contributed by atoms with Gasteiger partial charge in [0.05, 0.1) is 11.3 Å². The highest BCUT2D eigenvalue weighted by Gasteiger charge is 2.13. The van der Waals surface area contributed by atoms with Gasteiger partial charge in [-0.2, -0.15) is 5.26 Å². The van der Waals surface area contributed by atoms with Crippen molar-refractivity contribution in [3.8, 4) is 6.07 Å². The molecule has 0 fully saturated rings. The fourth-order valence-electron chi connectivity index (χ4n) is 3.22. The lowest BCUT2D eigenvalue weighted by Gasteiger charge is -2.13. The third kappa shape index (κ3) is 4.50. The van der Waals surface area contributed by atoms with Gasteiger partial charge in [0.1, 0.15) is 6.07 Å². The van der Waals surface area contributed by atoms with E-state index in [9.17, 15) is 9.59 Å². The Kier molecular flexibility index (Phi) is 5.75. The highest BCUT2D eigenvalue weighted by Crippen LogP contribution is 2.23. The maximum atomic E-state index is 12.6. The first-order valence-corrected chi connectivity index (χ1v) is 9.19. The molecule has 0 aromatic heterocycles. The van der Waals surface area contributed by atoms with Gasteiger partial charge >= 0.3 is 0 Å². The number of hydrogen-bond acceptors (Lipinski definition) is 3. The molecule has 0 atom stereocenters. The monoisotopic (exact) mass is 383 g/mol. The lowest BCUT2D eigenvalue weighted by atomic mass is 10.0. The summed E-state index contributed by atoms with van der Waals surface area (Å²) in [4.78, 5) is 25.1. The molecule has 3 rings (SSSR count). The fourth-order valence-corrected chi connectivity index (χ4v) is 3.22. The Balaban J connectivity index is 1.74. The molecule has 0 bridgehead atoms. The first kappa shape index (κ1) is 19.8. The molecule has 5 heteroatoms. The smallest absolute Gasteiger partial charge is 0.255 e. The Morgan fingerprint density at radius 3 is 1.86 bits per heavy atom. The molecule has 0 aliphatic heterocycles. The molecule has 2 N–H and O–H groups in total. The van der Waals surface area contributed by atoms with E-state index in [1.54, 1.807) is 48.5 Å². The number of nitriles is 1. The minimum Gasteiger partial charge on any atom is -0.322 e. The number of hydrogen-bond donors (Lipinski definition) is 2. The highest BCUT2D eigenvalue weighted by atomic mass is 16.2. The molecular weight excluding hydrogens is 362 g/mol. The van der Waals surface area contributed by atoms with Crippen molar-refractivity contribution in [1.82, 2.24) is 0 Å². The summed E-state index contributed by atoms with van der Waals surface area (Å²) in [6.45, 7) is 5.94. The van der Waals surface area contributed by atoms with Gasteiger partial charge in [0.15, 0.2) is 0 Å². The van der Waals surface area contributed by atoms with Gasteiger partial charge in [-0.3, -0.25) is 9.59 Å². The van der Waals surface area contributed by atoms with E-state index in [0.29, 0.717) is 22.4 Å². The molecule has 0 saturated heterocycles. The van der Waals surface area contributed by atoms with E-state index in [-0.39, 0.29) is 11.8 Å². The molecule has 0 radical (unpaired) electrons. The normalized spacial score (nSPS) is 10.1.